The van der Waals surface area contributed by atoms with Gasteiger partial charge in [0.1, 0.15) is 18.0 Å². The van der Waals surface area contributed by atoms with E-state index in [9.17, 15) is 9.18 Å². The van der Waals surface area contributed by atoms with Crippen molar-refractivity contribution in [2.24, 2.45) is 0 Å². The van der Waals surface area contributed by atoms with Crippen LogP contribution in [-0.4, -0.2) is 15.7 Å². The Morgan fingerprint density at radius 3 is 2.42 bits per heavy atom. The van der Waals surface area contributed by atoms with Crippen LogP contribution in [0.1, 0.15) is 27.3 Å². The highest BCUT2D eigenvalue weighted by molar-refractivity contribution is 5.92. The maximum absolute atomic E-state index is 12.9. The molecule has 0 atom stereocenters. The molecule has 0 radical (unpaired) electrons. The number of benzene rings is 2. The number of para-hydroxylation sites is 1. The largest absolute Gasteiger partial charge is 0.457 e. The quantitative estimate of drug-likeness (QED) is 0.682. The van der Waals surface area contributed by atoms with Gasteiger partial charge in [0.2, 0.25) is 0 Å². The van der Waals surface area contributed by atoms with Crippen LogP contribution in [0.15, 0.2) is 54.6 Å². The molecule has 0 N–H and O–H groups in total. The molecule has 0 aliphatic carbocycles. The molecule has 5 heteroatoms. The number of rotatable bonds is 4. The number of hydrogen-bond acceptors (Lipinski definition) is 3. The third kappa shape index (κ3) is 3.20. The Bertz CT molecular complexity index is 855. The highest BCUT2D eigenvalue weighted by Gasteiger charge is 2.20. The molecule has 2 aromatic carbocycles. The van der Waals surface area contributed by atoms with Crippen molar-refractivity contribution in [1.82, 2.24) is 9.78 Å². The van der Waals surface area contributed by atoms with E-state index in [1.54, 1.807) is 23.7 Å². The standard InChI is InChI=1S/C19H17FN2O2/c1-13-18(14(2)22(21-13)17-6-4-3-5-7-17)19(23)24-12-15-8-10-16(20)11-9-15/h3-11H,12H2,1-2H3. The number of halogens is 1. The first-order valence-electron chi connectivity index (χ1n) is 7.59. The number of esters is 1. The van der Waals surface area contributed by atoms with Crippen LogP contribution in [0.5, 0.6) is 0 Å². The predicted octanol–water partition coefficient (Wildman–Crippen LogP) is 3.99. The minimum Gasteiger partial charge on any atom is -0.457 e. The minimum atomic E-state index is -0.434. The summed E-state index contributed by atoms with van der Waals surface area (Å²) in [6.45, 7) is 3.71. The van der Waals surface area contributed by atoms with Gasteiger partial charge in [-0.25, -0.2) is 13.9 Å². The molecule has 0 bridgehead atoms. The third-order valence-electron chi connectivity index (χ3n) is 3.78. The van der Waals surface area contributed by atoms with E-state index in [1.807, 2.05) is 37.3 Å². The van der Waals surface area contributed by atoms with Gasteiger partial charge in [-0.05, 0) is 43.7 Å². The van der Waals surface area contributed by atoms with Crippen LogP contribution in [0.25, 0.3) is 5.69 Å². The van der Waals surface area contributed by atoms with Gasteiger partial charge in [0.25, 0.3) is 0 Å². The van der Waals surface area contributed by atoms with Crippen molar-refractivity contribution < 1.29 is 13.9 Å². The van der Waals surface area contributed by atoms with Gasteiger partial charge >= 0.3 is 5.97 Å². The van der Waals surface area contributed by atoms with Crippen LogP contribution in [0.2, 0.25) is 0 Å². The molecular formula is C19H17FN2O2. The summed E-state index contributed by atoms with van der Waals surface area (Å²) in [5.41, 5.74) is 3.41. The Morgan fingerprint density at radius 2 is 1.75 bits per heavy atom. The molecule has 0 aliphatic heterocycles. The molecule has 0 saturated heterocycles. The van der Waals surface area contributed by atoms with Gasteiger partial charge in [0.15, 0.2) is 0 Å². The Labute approximate surface area is 139 Å². The van der Waals surface area contributed by atoms with Crippen LogP contribution in [-0.2, 0) is 11.3 Å². The number of ether oxygens (including phenoxy) is 1. The maximum Gasteiger partial charge on any atom is 0.342 e. The second-order valence-electron chi connectivity index (χ2n) is 5.50. The zero-order valence-corrected chi connectivity index (χ0v) is 13.5. The molecule has 3 rings (SSSR count). The van der Waals surface area contributed by atoms with E-state index in [-0.39, 0.29) is 12.4 Å². The topological polar surface area (TPSA) is 44.1 Å². The van der Waals surface area contributed by atoms with Gasteiger partial charge in [0, 0.05) is 0 Å². The molecule has 0 unspecified atom stereocenters. The summed E-state index contributed by atoms with van der Waals surface area (Å²) in [5.74, 6) is -0.752. The number of hydrogen-bond donors (Lipinski definition) is 0. The Kier molecular flexibility index (Phi) is 4.42. The van der Waals surface area contributed by atoms with Gasteiger partial charge in [0.05, 0.1) is 17.1 Å². The second-order valence-corrected chi connectivity index (χ2v) is 5.50. The van der Waals surface area contributed by atoms with Gasteiger partial charge in [-0.3, -0.25) is 0 Å². The normalized spacial score (nSPS) is 10.6. The van der Waals surface area contributed by atoms with Gasteiger partial charge in [-0.15, -0.1) is 0 Å². The Morgan fingerprint density at radius 1 is 1.08 bits per heavy atom. The molecule has 0 fully saturated rings. The minimum absolute atomic E-state index is 0.0918. The van der Waals surface area contributed by atoms with E-state index in [2.05, 4.69) is 5.10 Å². The fourth-order valence-corrected chi connectivity index (χ4v) is 2.56. The first kappa shape index (κ1) is 15.9. The molecule has 3 aromatic rings. The average molecular weight is 324 g/mol. The third-order valence-corrected chi connectivity index (χ3v) is 3.78. The molecule has 122 valence electrons. The maximum atomic E-state index is 12.9. The van der Waals surface area contributed by atoms with Crippen LogP contribution in [0.4, 0.5) is 4.39 Å². The lowest BCUT2D eigenvalue weighted by atomic mass is 10.2. The number of carbonyl (C=O) groups is 1. The lowest BCUT2D eigenvalue weighted by Gasteiger charge is -2.06. The molecule has 0 aliphatic rings. The van der Waals surface area contributed by atoms with E-state index in [4.69, 9.17) is 4.74 Å². The fourth-order valence-electron chi connectivity index (χ4n) is 2.56. The van der Waals surface area contributed by atoms with E-state index < -0.39 is 5.97 Å². The van der Waals surface area contributed by atoms with Crippen LogP contribution >= 0.6 is 0 Å². The summed E-state index contributed by atoms with van der Waals surface area (Å²) < 4.78 is 20.0. The summed E-state index contributed by atoms with van der Waals surface area (Å²) in [5, 5.41) is 4.43. The second kappa shape index (κ2) is 6.66. The summed E-state index contributed by atoms with van der Waals surface area (Å²) in [7, 11) is 0. The lowest BCUT2D eigenvalue weighted by molar-refractivity contribution is 0.0471. The predicted molar refractivity (Wildman–Crippen MR) is 88.6 cm³/mol. The van der Waals surface area contributed by atoms with E-state index >= 15 is 0 Å². The first-order valence-corrected chi connectivity index (χ1v) is 7.59. The molecule has 24 heavy (non-hydrogen) atoms. The van der Waals surface area contributed by atoms with E-state index in [1.165, 1.54) is 12.1 Å². The molecule has 1 heterocycles. The first-order chi connectivity index (χ1) is 11.6. The zero-order valence-electron chi connectivity index (χ0n) is 13.5. The number of aromatic nitrogens is 2. The lowest BCUT2D eigenvalue weighted by Crippen LogP contribution is -2.08. The average Bonchev–Trinajstić information content (AvgIpc) is 2.89. The van der Waals surface area contributed by atoms with Crippen LogP contribution < -0.4 is 0 Å². The van der Waals surface area contributed by atoms with E-state index in [0.29, 0.717) is 11.3 Å². The summed E-state index contributed by atoms with van der Waals surface area (Å²) >= 11 is 0. The van der Waals surface area contributed by atoms with Gasteiger partial charge in [-0.1, -0.05) is 30.3 Å². The van der Waals surface area contributed by atoms with Crippen molar-refractivity contribution >= 4 is 5.97 Å². The fraction of sp³-hybridized carbons (Fsp3) is 0.158. The van der Waals surface area contributed by atoms with Crippen molar-refractivity contribution in [3.63, 3.8) is 0 Å². The van der Waals surface area contributed by atoms with Crippen molar-refractivity contribution in [3.05, 3.63) is 82.9 Å². The summed E-state index contributed by atoms with van der Waals surface area (Å²) in [6, 6.07) is 15.5. The highest BCUT2D eigenvalue weighted by atomic mass is 19.1. The molecule has 0 saturated carbocycles. The number of nitrogens with zero attached hydrogens (tertiary/aromatic N) is 2. The van der Waals surface area contributed by atoms with Gasteiger partial charge < -0.3 is 4.74 Å². The van der Waals surface area contributed by atoms with Gasteiger partial charge in [-0.2, -0.15) is 5.10 Å². The van der Waals surface area contributed by atoms with Crippen molar-refractivity contribution in [2.45, 2.75) is 20.5 Å². The number of aryl methyl sites for hydroxylation is 1. The number of carbonyl (C=O) groups excluding carboxylic acids is 1. The summed E-state index contributed by atoms with van der Waals surface area (Å²) in [4.78, 5) is 12.4. The molecular weight excluding hydrogens is 307 g/mol. The van der Waals surface area contributed by atoms with Crippen molar-refractivity contribution in [2.75, 3.05) is 0 Å². The Hall–Kier alpha value is -2.95. The smallest absolute Gasteiger partial charge is 0.342 e. The highest BCUT2D eigenvalue weighted by Crippen LogP contribution is 2.19. The molecule has 0 spiro atoms. The van der Waals surface area contributed by atoms with E-state index in [0.717, 1.165) is 16.9 Å². The van der Waals surface area contributed by atoms with Crippen LogP contribution in [0, 0.1) is 19.7 Å². The monoisotopic (exact) mass is 324 g/mol. The summed E-state index contributed by atoms with van der Waals surface area (Å²) in [6.07, 6.45) is 0. The molecule has 1 aromatic heterocycles. The SMILES string of the molecule is Cc1nn(-c2ccccc2)c(C)c1C(=O)OCc1ccc(F)cc1. The zero-order chi connectivity index (χ0) is 17.1. The molecule has 4 nitrogen and oxygen atoms in total. The molecule has 0 amide bonds. The van der Waals surface area contributed by atoms with Crippen molar-refractivity contribution in [3.8, 4) is 5.69 Å². The van der Waals surface area contributed by atoms with Crippen molar-refractivity contribution in [1.29, 1.82) is 0 Å². The van der Waals surface area contributed by atoms with Crippen LogP contribution in [0.3, 0.4) is 0 Å². The Balaban J connectivity index is 1.80.